The average molecular weight is 695 g/mol. The molecule has 2 aromatic carbocycles. The van der Waals surface area contributed by atoms with Crippen molar-refractivity contribution in [2.45, 2.75) is 58.8 Å². The summed E-state index contributed by atoms with van der Waals surface area (Å²) in [5.41, 5.74) is 3.46. The van der Waals surface area contributed by atoms with Crippen molar-refractivity contribution in [3.05, 3.63) is 94.7 Å². The molecule has 4 heterocycles. The highest BCUT2D eigenvalue weighted by molar-refractivity contribution is 9.10. The number of aryl methyl sites for hydroxylation is 1. The molecule has 0 bridgehead atoms. The van der Waals surface area contributed by atoms with Gasteiger partial charge in [-0.2, -0.15) is 5.10 Å². The van der Waals surface area contributed by atoms with Crippen LogP contribution in [0.3, 0.4) is 0 Å². The Kier molecular flexibility index (Phi) is 7.83. The molecular weight excluding hydrogens is 662 g/mol. The highest BCUT2D eigenvalue weighted by atomic mass is 79.9. The number of piperidine rings is 1. The van der Waals surface area contributed by atoms with Crippen molar-refractivity contribution in [3.63, 3.8) is 0 Å². The van der Waals surface area contributed by atoms with Crippen LogP contribution in [0.5, 0.6) is 5.75 Å². The minimum atomic E-state index is -0.678. The number of ether oxygens (including phenoxy) is 1. The third kappa shape index (κ3) is 6.12. The van der Waals surface area contributed by atoms with E-state index in [1.807, 2.05) is 55.5 Å². The summed E-state index contributed by atoms with van der Waals surface area (Å²) in [7, 11) is 0. The summed E-state index contributed by atoms with van der Waals surface area (Å²) in [6.07, 6.45) is 4.84. The van der Waals surface area contributed by atoms with Crippen molar-refractivity contribution in [2.75, 3.05) is 5.32 Å². The van der Waals surface area contributed by atoms with E-state index in [9.17, 15) is 14.4 Å². The molecule has 2 amide bonds. The third-order valence-electron chi connectivity index (χ3n) is 8.98. The Morgan fingerprint density at radius 2 is 1.79 bits per heavy atom. The van der Waals surface area contributed by atoms with E-state index in [-0.39, 0.29) is 41.3 Å². The molecule has 1 unspecified atom stereocenters. The highest BCUT2D eigenvalue weighted by Crippen LogP contribution is 2.59. The van der Waals surface area contributed by atoms with Gasteiger partial charge >= 0.3 is 0 Å². The fourth-order valence-corrected chi connectivity index (χ4v) is 6.84. The average Bonchev–Trinajstić information content (AvgIpc) is 3.41. The lowest BCUT2D eigenvalue weighted by atomic mass is 10.0. The largest absolute Gasteiger partial charge is 0.489 e. The van der Waals surface area contributed by atoms with Gasteiger partial charge in [0.2, 0.25) is 11.8 Å². The van der Waals surface area contributed by atoms with Crippen LogP contribution in [-0.4, -0.2) is 59.3 Å². The molecule has 238 valence electrons. The van der Waals surface area contributed by atoms with Gasteiger partial charge in [0.15, 0.2) is 5.78 Å². The molecule has 47 heavy (non-hydrogen) atoms. The molecule has 2 aliphatic rings. The summed E-state index contributed by atoms with van der Waals surface area (Å²) >= 11 is 3.42. The topological polar surface area (TPSA) is 132 Å². The fraction of sp³-hybridized carbons (Fsp3) is 0.286. The second-order valence-corrected chi connectivity index (χ2v) is 13.3. The Labute approximate surface area is 279 Å². The molecule has 1 saturated carbocycles. The molecule has 11 nitrogen and oxygen atoms in total. The number of benzene rings is 2. The summed E-state index contributed by atoms with van der Waals surface area (Å²) in [5.74, 6) is 0.777. The monoisotopic (exact) mass is 693 g/mol. The van der Waals surface area contributed by atoms with Gasteiger partial charge in [0.1, 0.15) is 46.9 Å². The van der Waals surface area contributed by atoms with E-state index in [1.54, 1.807) is 34.1 Å². The van der Waals surface area contributed by atoms with Gasteiger partial charge in [-0.15, -0.1) is 0 Å². The first kappa shape index (κ1) is 30.7. The lowest BCUT2D eigenvalue weighted by Gasteiger charge is -2.27. The molecule has 0 spiro atoms. The van der Waals surface area contributed by atoms with Gasteiger partial charge in [-0.25, -0.2) is 15.0 Å². The summed E-state index contributed by atoms with van der Waals surface area (Å²) in [5, 5.41) is 8.11. The molecule has 1 saturated heterocycles. The lowest BCUT2D eigenvalue weighted by molar-refractivity contribution is -0.138. The zero-order valence-corrected chi connectivity index (χ0v) is 27.7. The Hall–Kier alpha value is -4.97. The maximum atomic E-state index is 14.0. The van der Waals surface area contributed by atoms with Crippen molar-refractivity contribution >= 4 is 50.2 Å². The van der Waals surface area contributed by atoms with Crippen molar-refractivity contribution in [2.24, 2.45) is 5.41 Å². The fourth-order valence-electron chi connectivity index (χ4n) is 6.42. The number of hydrogen-bond acceptors (Lipinski definition) is 8. The molecule has 1 aliphatic heterocycles. The van der Waals surface area contributed by atoms with Crippen LogP contribution in [0.1, 0.15) is 48.6 Å². The van der Waals surface area contributed by atoms with Crippen LogP contribution in [0.15, 0.2) is 77.7 Å². The highest BCUT2D eigenvalue weighted by Gasteiger charge is 2.64. The van der Waals surface area contributed by atoms with Gasteiger partial charge in [-0.05, 0) is 64.4 Å². The number of hydrogen-bond donors (Lipinski definition) is 1. The van der Waals surface area contributed by atoms with E-state index < -0.39 is 6.04 Å². The van der Waals surface area contributed by atoms with Crippen LogP contribution in [0.2, 0.25) is 0 Å². The number of carbonyl (C=O) groups excluding carboxylic acids is 3. The number of nitrogens with one attached hydrogen (secondary N) is 1. The predicted molar refractivity (Wildman–Crippen MR) is 179 cm³/mol. The van der Waals surface area contributed by atoms with Gasteiger partial charge in [-0.1, -0.05) is 43.3 Å². The summed E-state index contributed by atoms with van der Waals surface area (Å²) in [6, 6.07) is 18.1. The summed E-state index contributed by atoms with van der Waals surface area (Å²) in [6.45, 7) is 5.63. The third-order valence-corrected chi connectivity index (χ3v) is 9.38. The van der Waals surface area contributed by atoms with E-state index in [0.717, 1.165) is 23.1 Å². The van der Waals surface area contributed by atoms with Crippen molar-refractivity contribution in [1.82, 2.24) is 29.6 Å². The first-order valence-electron chi connectivity index (χ1n) is 15.3. The normalized spacial score (nSPS) is 19.8. The summed E-state index contributed by atoms with van der Waals surface area (Å²) < 4.78 is 8.02. The second-order valence-electron chi connectivity index (χ2n) is 12.5. The van der Waals surface area contributed by atoms with Gasteiger partial charge in [0.05, 0.1) is 5.52 Å². The first-order chi connectivity index (χ1) is 22.6. The lowest BCUT2D eigenvalue weighted by Crippen LogP contribution is -2.46. The van der Waals surface area contributed by atoms with Gasteiger partial charge < -0.3 is 15.0 Å². The van der Waals surface area contributed by atoms with Crippen molar-refractivity contribution in [3.8, 4) is 16.9 Å². The number of rotatable bonds is 9. The summed E-state index contributed by atoms with van der Waals surface area (Å²) in [4.78, 5) is 55.0. The minimum absolute atomic E-state index is 0.0479. The molecule has 7 rings (SSSR count). The maximum absolute atomic E-state index is 14.0. The Balaban J connectivity index is 1.10. The van der Waals surface area contributed by atoms with E-state index in [1.165, 1.54) is 6.92 Å². The van der Waals surface area contributed by atoms with Crippen LogP contribution < -0.4 is 10.1 Å². The molecule has 3 aromatic heterocycles. The van der Waals surface area contributed by atoms with Gasteiger partial charge in [0.25, 0.3) is 0 Å². The Morgan fingerprint density at radius 1 is 1.02 bits per heavy atom. The number of nitrogens with zero attached hydrogens (tertiary/aromatic N) is 6. The second kappa shape index (κ2) is 12.0. The van der Waals surface area contributed by atoms with Crippen LogP contribution in [0, 0.1) is 12.3 Å². The van der Waals surface area contributed by atoms with E-state index >= 15 is 0 Å². The van der Waals surface area contributed by atoms with Crippen LogP contribution in [-0.2, 0) is 22.7 Å². The predicted octanol–water partition coefficient (Wildman–Crippen LogP) is 5.76. The smallest absolute Gasteiger partial charge is 0.248 e. The molecule has 12 heteroatoms. The molecule has 1 N–H and O–H groups in total. The first-order valence-corrected chi connectivity index (χ1v) is 16.1. The zero-order chi connectivity index (χ0) is 32.9. The Morgan fingerprint density at radius 3 is 2.53 bits per heavy atom. The van der Waals surface area contributed by atoms with E-state index in [2.05, 4.69) is 48.2 Å². The Bertz CT molecular complexity index is 2030. The number of anilines is 1. The molecule has 2 fully saturated rings. The maximum Gasteiger partial charge on any atom is 0.248 e. The number of likely N-dealkylation sites (tertiary alicyclic amines) is 1. The molecule has 1 aliphatic carbocycles. The number of Topliss-reactive ketones (excluding diaryl/α,β-unsaturated/α-hetero) is 1. The van der Waals surface area contributed by atoms with Gasteiger partial charge in [0, 0.05) is 48.4 Å². The quantitative estimate of drug-likeness (QED) is 0.152. The number of fused-ring (bicyclic) bond motifs is 2. The molecular formula is C35H32BrN7O4. The molecule has 5 aromatic rings. The standard InChI is InChI=1S/C35H32BrN7O4/c1-20(44)33-26-11-23(24-16-37-21(2)38-17-24)9-10-27(26)42(41-33)18-32(45)43-28(14-35(3)15-29(35)43)34(46)40-31-13-25(12-30(36)39-31)47-19-22-7-5-4-6-8-22/h4-13,16-17,28-29H,14-15,18-19H2,1-3H3,(H,39,40,46)/t28-,29?,35-/m0/s1. The number of pyridine rings is 1. The zero-order valence-electron chi connectivity index (χ0n) is 26.1. The molecule has 0 radical (unpaired) electrons. The van der Waals surface area contributed by atoms with Crippen molar-refractivity contribution in [1.29, 1.82) is 0 Å². The number of aromatic nitrogens is 5. The number of carbonyl (C=O) groups is 3. The van der Waals surface area contributed by atoms with E-state index in [0.29, 0.717) is 45.9 Å². The number of halogens is 1. The van der Waals surface area contributed by atoms with Crippen molar-refractivity contribution < 1.29 is 19.1 Å². The molecule has 3 atom stereocenters. The van der Waals surface area contributed by atoms with Crippen LogP contribution in [0.4, 0.5) is 5.82 Å². The van der Waals surface area contributed by atoms with Crippen LogP contribution >= 0.6 is 15.9 Å². The van der Waals surface area contributed by atoms with E-state index in [4.69, 9.17) is 4.74 Å². The SMILES string of the molecule is CC(=O)c1nn(CC(=O)N2C3C[C@]3(C)C[C@H]2C(=O)Nc2cc(OCc3ccccc3)cc(Br)n2)c2ccc(-c3cnc(C)nc3)cc12. The number of ketones is 1. The number of amides is 2. The minimum Gasteiger partial charge on any atom is -0.489 e. The van der Waals surface area contributed by atoms with Crippen LogP contribution in [0.25, 0.3) is 22.0 Å². The van der Waals surface area contributed by atoms with Gasteiger partial charge in [-0.3, -0.25) is 19.1 Å².